The number of nitrogens with one attached hydrogen (secondary N) is 1. The summed E-state index contributed by atoms with van der Waals surface area (Å²) in [6.07, 6.45) is 2.04. The molecule has 0 aliphatic carbocycles. The minimum absolute atomic E-state index is 0.656. The molecule has 21 heavy (non-hydrogen) atoms. The smallest absolute Gasteiger partial charge is 0.179 e. The van der Waals surface area contributed by atoms with E-state index >= 15 is 0 Å². The number of imidazole rings is 1. The summed E-state index contributed by atoms with van der Waals surface area (Å²) >= 11 is 5.43. The molecule has 2 heterocycles. The van der Waals surface area contributed by atoms with Crippen LogP contribution in [0.1, 0.15) is 19.0 Å². The summed E-state index contributed by atoms with van der Waals surface area (Å²) in [5.74, 6) is 0. The fraction of sp³-hybridized carbons (Fsp3) is 0.714. The van der Waals surface area contributed by atoms with Crippen molar-refractivity contribution in [1.82, 2.24) is 24.2 Å². The molecule has 0 aromatic carbocycles. The third-order valence-electron chi connectivity index (χ3n) is 3.45. The van der Waals surface area contributed by atoms with Gasteiger partial charge in [0.15, 0.2) is 10.4 Å². The number of aryl methyl sites for hydroxylation is 2. The van der Waals surface area contributed by atoms with Gasteiger partial charge in [0, 0.05) is 13.6 Å². The van der Waals surface area contributed by atoms with Gasteiger partial charge in [0.2, 0.25) is 0 Å². The average molecular weight is 311 g/mol. The number of aromatic amines is 1. The Morgan fingerprint density at radius 1 is 1.33 bits per heavy atom. The van der Waals surface area contributed by atoms with Gasteiger partial charge < -0.3 is 14.6 Å². The minimum Gasteiger partial charge on any atom is -0.378 e. The predicted octanol–water partition coefficient (Wildman–Crippen LogP) is 1.96. The number of aromatic nitrogens is 4. The maximum atomic E-state index is 5.66. The van der Waals surface area contributed by atoms with Gasteiger partial charge in [-0.3, -0.25) is 9.25 Å². The molecule has 0 fully saturated rings. The Kier molecular flexibility index (Phi) is 5.55. The van der Waals surface area contributed by atoms with Crippen molar-refractivity contribution in [3.05, 3.63) is 10.5 Å². The molecule has 0 radical (unpaired) electrons. The van der Waals surface area contributed by atoms with E-state index in [0.717, 1.165) is 54.2 Å². The lowest BCUT2D eigenvalue weighted by Crippen LogP contribution is -2.19. The van der Waals surface area contributed by atoms with Crippen LogP contribution in [0.3, 0.4) is 0 Å². The zero-order valence-corrected chi connectivity index (χ0v) is 14.2. The molecule has 0 amide bonds. The van der Waals surface area contributed by atoms with Gasteiger partial charge >= 0.3 is 0 Å². The second kappa shape index (κ2) is 7.20. The number of fused-ring (bicyclic) bond motifs is 1. The average Bonchev–Trinajstić information content (AvgIpc) is 2.88. The molecule has 118 valence electrons. The van der Waals surface area contributed by atoms with Gasteiger partial charge in [0.1, 0.15) is 5.52 Å². The Hall–Kier alpha value is -1.18. The number of hydrogen-bond acceptors (Lipinski definition) is 4. The third-order valence-corrected chi connectivity index (χ3v) is 3.77. The maximum Gasteiger partial charge on any atom is 0.179 e. The molecule has 2 aromatic heterocycles. The molecular weight excluding hydrogens is 286 g/mol. The van der Waals surface area contributed by atoms with Gasteiger partial charge in [-0.1, -0.05) is 13.3 Å². The van der Waals surface area contributed by atoms with Crippen molar-refractivity contribution in [1.29, 1.82) is 0 Å². The molecule has 0 unspecified atom stereocenters. The summed E-state index contributed by atoms with van der Waals surface area (Å²) in [6, 6.07) is 0. The van der Waals surface area contributed by atoms with E-state index in [0.29, 0.717) is 6.61 Å². The van der Waals surface area contributed by atoms with Crippen molar-refractivity contribution >= 4 is 23.4 Å². The van der Waals surface area contributed by atoms with Crippen LogP contribution < -0.4 is 0 Å². The molecule has 0 atom stereocenters. The van der Waals surface area contributed by atoms with Gasteiger partial charge in [-0.2, -0.15) is 5.10 Å². The molecule has 0 aliphatic heterocycles. The van der Waals surface area contributed by atoms with E-state index in [1.807, 2.05) is 25.8 Å². The van der Waals surface area contributed by atoms with Gasteiger partial charge in [-0.05, 0) is 32.7 Å². The number of nitrogens with zero attached hydrogens (tertiary/aromatic N) is 4. The Labute approximate surface area is 130 Å². The Morgan fingerprint density at radius 2 is 2.10 bits per heavy atom. The highest BCUT2D eigenvalue weighted by atomic mass is 32.1. The van der Waals surface area contributed by atoms with Crippen LogP contribution >= 0.6 is 12.2 Å². The molecule has 0 bridgehead atoms. The highest BCUT2D eigenvalue weighted by Gasteiger charge is 2.14. The highest BCUT2D eigenvalue weighted by molar-refractivity contribution is 7.71. The molecular formula is C14H25N5OS. The van der Waals surface area contributed by atoms with Crippen LogP contribution in [-0.4, -0.2) is 58.1 Å². The molecule has 2 aromatic rings. The standard InChI is InChI=1S/C14H25N5OS/c1-5-6-11-12-13(18(4)16-11)19(14(21)15-12)8-10-20-9-7-17(2)3/h5-10H2,1-4H3,(H,15,21). The van der Waals surface area contributed by atoms with E-state index < -0.39 is 0 Å². The topological polar surface area (TPSA) is 51.0 Å². The van der Waals surface area contributed by atoms with E-state index in [-0.39, 0.29) is 0 Å². The summed E-state index contributed by atoms with van der Waals surface area (Å²) in [4.78, 5) is 5.40. The van der Waals surface area contributed by atoms with Gasteiger partial charge in [0.25, 0.3) is 0 Å². The van der Waals surface area contributed by atoms with Crippen molar-refractivity contribution in [3.8, 4) is 0 Å². The second-order valence-electron chi connectivity index (χ2n) is 5.52. The lowest BCUT2D eigenvalue weighted by atomic mass is 10.2. The molecule has 0 aliphatic rings. The highest BCUT2D eigenvalue weighted by Crippen LogP contribution is 2.18. The summed E-state index contributed by atoms with van der Waals surface area (Å²) in [7, 11) is 6.05. The van der Waals surface area contributed by atoms with Crippen LogP contribution in [0, 0.1) is 4.77 Å². The summed E-state index contributed by atoms with van der Waals surface area (Å²) < 4.78 is 10.4. The molecule has 2 rings (SSSR count). The number of H-pyrrole nitrogens is 1. The van der Waals surface area contributed by atoms with E-state index in [9.17, 15) is 0 Å². The molecule has 7 heteroatoms. The maximum absolute atomic E-state index is 5.66. The summed E-state index contributed by atoms with van der Waals surface area (Å²) in [5, 5.41) is 4.58. The normalized spacial score (nSPS) is 11.9. The SMILES string of the molecule is CCCc1nn(C)c2c1[nH]c(=S)n2CCOCCN(C)C. The van der Waals surface area contributed by atoms with Crippen molar-refractivity contribution in [2.75, 3.05) is 33.9 Å². The first kappa shape index (κ1) is 16.2. The summed E-state index contributed by atoms with van der Waals surface area (Å²) in [5.41, 5.74) is 3.21. The van der Waals surface area contributed by atoms with Crippen molar-refractivity contribution < 1.29 is 4.74 Å². The first-order chi connectivity index (χ1) is 10.0. The van der Waals surface area contributed by atoms with E-state index in [4.69, 9.17) is 17.0 Å². The van der Waals surface area contributed by atoms with E-state index in [2.05, 4.69) is 26.5 Å². The molecule has 1 N–H and O–H groups in total. The zero-order chi connectivity index (χ0) is 15.4. The quantitative estimate of drug-likeness (QED) is 0.598. The lowest BCUT2D eigenvalue weighted by molar-refractivity contribution is 0.111. The lowest BCUT2D eigenvalue weighted by Gasteiger charge is -2.10. The van der Waals surface area contributed by atoms with Crippen LogP contribution in [0.15, 0.2) is 0 Å². The Morgan fingerprint density at radius 3 is 2.76 bits per heavy atom. The molecule has 0 saturated carbocycles. The number of ether oxygens (including phenoxy) is 1. The monoisotopic (exact) mass is 311 g/mol. The number of rotatable bonds is 8. The van der Waals surface area contributed by atoms with Gasteiger partial charge in [-0.15, -0.1) is 0 Å². The molecule has 0 spiro atoms. The van der Waals surface area contributed by atoms with Crippen molar-refractivity contribution in [3.63, 3.8) is 0 Å². The fourth-order valence-electron chi connectivity index (χ4n) is 2.40. The second-order valence-corrected chi connectivity index (χ2v) is 5.90. The van der Waals surface area contributed by atoms with Crippen LogP contribution in [0.4, 0.5) is 0 Å². The minimum atomic E-state index is 0.656. The van der Waals surface area contributed by atoms with E-state index in [1.54, 1.807) is 0 Å². The third kappa shape index (κ3) is 3.72. The fourth-order valence-corrected chi connectivity index (χ4v) is 2.68. The van der Waals surface area contributed by atoms with Crippen LogP contribution in [0.2, 0.25) is 0 Å². The number of hydrogen-bond donors (Lipinski definition) is 1. The Bertz CT molecular complexity index is 640. The number of likely N-dealkylation sites (N-methyl/N-ethyl adjacent to an activating group) is 1. The first-order valence-electron chi connectivity index (χ1n) is 7.41. The van der Waals surface area contributed by atoms with Gasteiger partial charge in [0.05, 0.1) is 25.5 Å². The van der Waals surface area contributed by atoms with Gasteiger partial charge in [-0.25, -0.2) is 0 Å². The van der Waals surface area contributed by atoms with Crippen LogP contribution in [0.5, 0.6) is 0 Å². The Balaban J connectivity index is 2.09. The van der Waals surface area contributed by atoms with Crippen LogP contribution in [0.25, 0.3) is 11.2 Å². The largest absolute Gasteiger partial charge is 0.378 e. The van der Waals surface area contributed by atoms with Crippen molar-refractivity contribution in [2.24, 2.45) is 7.05 Å². The molecule has 0 saturated heterocycles. The molecule has 6 nitrogen and oxygen atoms in total. The predicted molar refractivity (Wildman–Crippen MR) is 87.3 cm³/mol. The van der Waals surface area contributed by atoms with E-state index in [1.165, 1.54) is 0 Å². The zero-order valence-electron chi connectivity index (χ0n) is 13.3. The first-order valence-corrected chi connectivity index (χ1v) is 7.82. The van der Waals surface area contributed by atoms with Crippen LogP contribution in [-0.2, 0) is 24.8 Å². The summed E-state index contributed by atoms with van der Waals surface area (Å²) in [6.45, 7) is 5.23. The van der Waals surface area contributed by atoms with Crippen molar-refractivity contribution in [2.45, 2.75) is 26.3 Å².